The summed E-state index contributed by atoms with van der Waals surface area (Å²) in [7, 11) is 0. The topological polar surface area (TPSA) is 70.7 Å². The van der Waals surface area contributed by atoms with Crippen LogP contribution in [0.2, 0.25) is 0 Å². The van der Waals surface area contributed by atoms with E-state index in [-0.39, 0.29) is 6.54 Å². The lowest BCUT2D eigenvalue weighted by Gasteiger charge is -2.30. The molecule has 5 nitrogen and oxygen atoms in total. The second-order valence-corrected chi connectivity index (χ2v) is 4.54. The fraction of sp³-hybridized carbons (Fsp3) is 0.818. The van der Waals surface area contributed by atoms with Gasteiger partial charge in [0.05, 0.1) is 6.54 Å². The minimum Gasteiger partial charge on any atom is -0.370 e. The normalized spacial score (nSPS) is 18.2. The SMILES string of the molecule is CC1CCN(C(N)=NCC(=O)NCC(F)F)CC1. The van der Waals surface area contributed by atoms with Crippen LogP contribution in [0.25, 0.3) is 0 Å². The number of hydrogen-bond donors (Lipinski definition) is 2. The first-order chi connectivity index (χ1) is 8.49. The number of nitrogens with one attached hydrogen (secondary N) is 1. The zero-order valence-corrected chi connectivity index (χ0v) is 10.5. The first kappa shape index (κ1) is 14.7. The maximum Gasteiger partial charge on any atom is 0.255 e. The van der Waals surface area contributed by atoms with Crippen LogP contribution in [0.5, 0.6) is 0 Å². The zero-order valence-electron chi connectivity index (χ0n) is 10.5. The molecular weight excluding hydrogens is 242 g/mol. The molecule has 1 aliphatic heterocycles. The van der Waals surface area contributed by atoms with Gasteiger partial charge < -0.3 is 16.0 Å². The number of nitrogens with zero attached hydrogens (tertiary/aromatic N) is 2. The van der Waals surface area contributed by atoms with Crippen molar-refractivity contribution < 1.29 is 13.6 Å². The second kappa shape index (κ2) is 7.13. The summed E-state index contributed by atoms with van der Waals surface area (Å²) in [6.45, 7) is 2.99. The Morgan fingerprint density at radius 3 is 2.67 bits per heavy atom. The minimum absolute atomic E-state index is 0.204. The van der Waals surface area contributed by atoms with E-state index in [0.29, 0.717) is 11.9 Å². The average Bonchev–Trinajstić information content (AvgIpc) is 2.34. The van der Waals surface area contributed by atoms with Crippen LogP contribution in [0.15, 0.2) is 4.99 Å². The number of guanidine groups is 1. The maximum atomic E-state index is 11.8. The molecule has 1 aliphatic rings. The van der Waals surface area contributed by atoms with E-state index in [0.717, 1.165) is 25.9 Å². The number of carbonyl (C=O) groups excluding carboxylic acids is 1. The van der Waals surface area contributed by atoms with Gasteiger partial charge in [0, 0.05) is 13.1 Å². The van der Waals surface area contributed by atoms with Gasteiger partial charge in [0.2, 0.25) is 5.91 Å². The summed E-state index contributed by atoms with van der Waals surface area (Å²) in [4.78, 5) is 17.0. The van der Waals surface area contributed by atoms with E-state index in [4.69, 9.17) is 5.73 Å². The lowest BCUT2D eigenvalue weighted by Crippen LogP contribution is -2.43. The van der Waals surface area contributed by atoms with Gasteiger partial charge in [-0.15, -0.1) is 0 Å². The van der Waals surface area contributed by atoms with Crippen LogP contribution in [0, 0.1) is 5.92 Å². The zero-order chi connectivity index (χ0) is 13.5. The predicted molar refractivity (Wildman–Crippen MR) is 65.5 cm³/mol. The van der Waals surface area contributed by atoms with Gasteiger partial charge in [-0.1, -0.05) is 6.92 Å². The first-order valence-electron chi connectivity index (χ1n) is 6.08. The molecule has 0 aromatic carbocycles. The van der Waals surface area contributed by atoms with Crippen molar-refractivity contribution in [3.05, 3.63) is 0 Å². The number of piperidine rings is 1. The van der Waals surface area contributed by atoms with Gasteiger partial charge in [0.25, 0.3) is 6.43 Å². The quantitative estimate of drug-likeness (QED) is 0.569. The van der Waals surface area contributed by atoms with Crippen LogP contribution >= 0.6 is 0 Å². The Balaban J connectivity index is 2.30. The second-order valence-electron chi connectivity index (χ2n) is 4.54. The number of aliphatic imine (C=N–C) groups is 1. The molecular formula is C11H20F2N4O. The molecule has 104 valence electrons. The lowest BCUT2D eigenvalue weighted by molar-refractivity contribution is -0.120. The molecule has 0 aromatic heterocycles. The van der Waals surface area contributed by atoms with Crippen molar-refractivity contribution in [3.8, 4) is 0 Å². The summed E-state index contributed by atoms with van der Waals surface area (Å²) >= 11 is 0. The lowest BCUT2D eigenvalue weighted by atomic mass is 10.00. The highest BCUT2D eigenvalue weighted by Gasteiger charge is 2.17. The van der Waals surface area contributed by atoms with E-state index < -0.39 is 18.9 Å². The molecule has 0 aromatic rings. The van der Waals surface area contributed by atoms with Gasteiger partial charge in [0.15, 0.2) is 5.96 Å². The van der Waals surface area contributed by atoms with E-state index in [1.807, 2.05) is 4.90 Å². The van der Waals surface area contributed by atoms with Crippen molar-refractivity contribution in [2.45, 2.75) is 26.2 Å². The fourth-order valence-electron chi connectivity index (χ4n) is 1.74. The van der Waals surface area contributed by atoms with Gasteiger partial charge in [0.1, 0.15) is 6.54 Å². The highest BCUT2D eigenvalue weighted by Crippen LogP contribution is 2.15. The van der Waals surface area contributed by atoms with E-state index in [1.165, 1.54) is 0 Å². The molecule has 7 heteroatoms. The van der Waals surface area contributed by atoms with E-state index in [9.17, 15) is 13.6 Å². The van der Waals surface area contributed by atoms with Crippen molar-refractivity contribution in [3.63, 3.8) is 0 Å². The minimum atomic E-state index is -2.54. The summed E-state index contributed by atoms with van der Waals surface area (Å²) in [6, 6.07) is 0. The molecule has 0 saturated carbocycles. The molecule has 1 fully saturated rings. The van der Waals surface area contributed by atoms with Crippen molar-refractivity contribution >= 4 is 11.9 Å². The van der Waals surface area contributed by atoms with Crippen LogP contribution < -0.4 is 11.1 Å². The number of carbonyl (C=O) groups is 1. The summed E-state index contributed by atoms with van der Waals surface area (Å²) in [5, 5.41) is 2.08. The third-order valence-corrected chi connectivity index (χ3v) is 2.95. The molecule has 0 aliphatic carbocycles. The van der Waals surface area contributed by atoms with Crippen molar-refractivity contribution in [1.82, 2.24) is 10.2 Å². The number of hydrogen-bond acceptors (Lipinski definition) is 2. The third-order valence-electron chi connectivity index (χ3n) is 2.95. The summed E-state index contributed by atoms with van der Waals surface area (Å²) in [6.07, 6.45) is -0.444. The summed E-state index contributed by atoms with van der Waals surface area (Å²) in [5.74, 6) is 0.459. The number of alkyl halides is 2. The number of likely N-dealkylation sites (tertiary alicyclic amines) is 1. The van der Waals surface area contributed by atoms with Crippen molar-refractivity contribution in [2.75, 3.05) is 26.2 Å². The van der Waals surface area contributed by atoms with Gasteiger partial charge in [-0.2, -0.15) is 0 Å². The molecule has 0 atom stereocenters. The molecule has 18 heavy (non-hydrogen) atoms. The predicted octanol–water partition coefficient (Wildman–Crippen LogP) is 0.414. The van der Waals surface area contributed by atoms with Gasteiger partial charge >= 0.3 is 0 Å². The third kappa shape index (κ3) is 5.29. The van der Waals surface area contributed by atoms with E-state index >= 15 is 0 Å². The van der Waals surface area contributed by atoms with Gasteiger partial charge in [-0.3, -0.25) is 4.79 Å². The smallest absolute Gasteiger partial charge is 0.255 e. The molecule has 3 N–H and O–H groups in total. The standard InChI is InChI=1S/C11H20F2N4O/c1-8-2-4-17(5-3-8)11(14)16-7-10(18)15-6-9(12)13/h8-9H,2-7H2,1H3,(H2,14,16)(H,15,18). The Bertz CT molecular complexity index is 301. The Kier molecular flexibility index (Phi) is 5.80. The molecule has 0 unspecified atom stereocenters. The molecule has 1 heterocycles. The molecule has 0 bridgehead atoms. The van der Waals surface area contributed by atoms with Crippen molar-refractivity contribution in [2.24, 2.45) is 16.6 Å². The highest BCUT2D eigenvalue weighted by atomic mass is 19.3. The molecule has 1 rings (SSSR count). The van der Waals surface area contributed by atoms with E-state index in [2.05, 4.69) is 17.2 Å². The van der Waals surface area contributed by atoms with E-state index in [1.54, 1.807) is 0 Å². The fourth-order valence-corrected chi connectivity index (χ4v) is 1.74. The highest BCUT2D eigenvalue weighted by molar-refractivity contribution is 5.84. The monoisotopic (exact) mass is 262 g/mol. The Labute approximate surface area is 105 Å². The van der Waals surface area contributed by atoms with Crippen LogP contribution in [-0.4, -0.2) is 49.4 Å². The summed E-state index contributed by atoms with van der Waals surface area (Å²) in [5.41, 5.74) is 5.75. The maximum absolute atomic E-state index is 11.8. The number of halogens is 2. The Morgan fingerprint density at radius 2 is 2.11 bits per heavy atom. The number of rotatable bonds is 4. The average molecular weight is 262 g/mol. The van der Waals surface area contributed by atoms with Crippen LogP contribution in [0.3, 0.4) is 0 Å². The molecule has 0 radical (unpaired) electrons. The molecule has 1 saturated heterocycles. The Hall–Kier alpha value is -1.40. The van der Waals surface area contributed by atoms with Crippen LogP contribution in [0.1, 0.15) is 19.8 Å². The Morgan fingerprint density at radius 1 is 1.50 bits per heavy atom. The number of nitrogens with two attached hydrogens (primary N) is 1. The largest absolute Gasteiger partial charge is 0.370 e. The van der Waals surface area contributed by atoms with Crippen molar-refractivity contribution in [1.29, 1.82) is 0 Å². The van der Waals surface area contributed by atoms with Crippen LogP contribution in [-0.2, 0) is 4.79 Å². The van der Waals surface area contributed by atoms with Gasteiger partial charge in [-0.25, -0.2) is 13.8 Å². The van der Waals surface area contributed by atoms with Gasteiger partial charge in [-0.05, 0) is 18.8 Å². The first-order valence-corrected chi connectivity index (χ1v) is 6.08. The molecule has 0 spiro atoms. The molecule has 1 amide bonds. The van der Waals surface area contributed by atoms with Crippen LogP contribution in [0.4, 0.5) is 8.78 Å². The number of amides is 1. The summed E-state index contributed by atoms with van der Waals surface area (Å²) < 4.78 is 23.7.